The molecule has 2 saturated carbocycles. The minimum Gasteiger partial charge on any atom is -0.393 e. The number of hydrogen-bond acceptors (Lipinski definition) is 1. The summed E-state index contributed by atoms with van der Waals surface area (Å²) >= 11 is 0. The Balaban J connectivity index is 1.93. The molecule has 0 saturated heterocycles. The van der Waals surface area contributed by atoms with Gasteiger partial charge < -0.3 is 5.11 Å². The van der Waals surface area contributed by atoms with Gasteiger partial charge in [0.2, 0.25) is 0 Å². The summed E-state index contributed by atoms with van der Waals surface area (Å²) in [7, 11) is 0. The molecule has 1 heteroatoms. The summed E-state index contributed by atoms with van der Waals surface area (Å²) in [6, 6.07) is 0. The highest BCUT2D eigenvalue weighted by molar-refractivity contribution is 4.88. The molecule has 11 heavy (non-hydrogen) atoms. The van der Waals surface area contributed by atoms with E-state index in [1.165, 1.54) is 25.7 Å². The summed E-state index contributed by atoms with van der Waals surface area (Å²) in [4.78, 5) is 0. The van der Waals surface area contributed by atoms with Crippen molar-refractivity contribution in [2.75, 3.05) is 0 Å². The summed E-state index contributed by atoms with van der Waals surface area (Å²) in [6.07, 6.45) is 6.66. The Kier molecular flexibility index (Phi) is 1.92. The third-order valence-electron chi connectivity index (χ3n) is 3.83. The number of aliphatic hydroxyl groups excluding tert-OH is 1. The highest BCUT2D eigenvalue weighted by Gasteiger charge is 2.38. The van der Waals surface area contributed by atoms with Crippen molar-refractivity contribution < 1.29 is 5.11 Å². The molecule has 3 atom stereocenters. The molecule has 64 valence electrons. The van der Waals surface area contributed by atoms with E-state index in [-0.39, 0.29) is 6.10 Å². The predicted molar refractivity (Wildman–Crippen MR) is 45.2 cm³/mol. The Labute approximate surface area is 68.8 Å². The van der Waals surface area contributed by atoms with Gasteiger partial charge in [-0.3, -0.25) is 0 Å². The molecule has 2 fully saturated rings. The molecule has 0 aromatic carbocycles. The van der Waals surface area contributed by atoms with Crippen molar-refractivity contribution in [1.82, 2.24) is 0 Å². The molecule has 0 aliphatic heterocycles. The first-order valence-electron chi connectivity index (χ1n) is 4.97. The summed E-state index contributed by atoms with van der Waals surface area (Å²) in [5.74, 6) is 2.42. The topological polar surface area (TPSA) is 20.2 Å². The summed E-state index contributed by atoms with van der Waals surface area (Å²) in [6.45, 7) is 2.22. The van der Waals surface area contributed by atoms with Crippen molar-refractivity contribution >= 4 is 0 Å². The number of aliphatic hydroxyl groups is 1. The lowest BCUT2D eigenvalue weighted by Gasteiger charge is -2.34. The Morgan fingerprint density at radius 1 is 1.09 bits per heavy atom. The van der Waals surface area contributed by atoms with Gasteiger partial charge in [-0.1, -0.05) is 26.2 Å². The van der Waals surface area contributed by atoms with Crippen LogP contribution in [-0.2, 0) is 0 Å². The molecule has 2 aliphatic rings. The Bertz CT molecular complexity index is 140. The van der Waals surface area contributed by atoms with Crippen LogP contribution in [0.25, 0.3) is 0 Å². The third-order valence-corrected chi connectivity index (χ3v) is 3.83. The minimum atomic E-state index is 0.0144. The molecular weight excluding hydrogens is 136 g/mol. The molecule has 1 nitrogen and oxygen atoms in total. The van der Waals surface area contributed by atoms with Crippen molar-refractivity contribution in [2.24, 2.45) is 17.8 Å². The van der Waals surface area contributed by atoms with Crippen LogP contribution in [0.15, 0.2) is 0 Å². The zero-order valence-corrected chi connectivity index (χ0v) is 7.29. The van der Waals surface area contributed by atoms with Crippen molar-refractivity contribution in [1.29, 1.82) is 0 Å². The van der Waals surface area contributed by atoms with Crippen molar-refractivity contribution in [3.63, 3.8) is 0 Å². The molecule has 1 N–H and O–H groups in total. The van der Waals surface area contributed by atoms with Gasteiger partial charge in [0.15, 0.2) is 0 Å². The molecule has 0 radical (unpaired) electrons. The summed E-state index contributed by atoms with van der Waals surface area (Å²) < 4.78 is 0. The van der Waals surface area contributed by atoms with Gasteiger partial charge in [-0.2, -0.15) is 0 Å². The fourth-order valence-electron chi connectivity index (χ4n) is 2.71. The van der Waals surface area contributed by atoms with E-state index in [1.54, 1.807) is 0 Å². The quantitative estimate of drug-likeness (QED) is 0.614. The van der Waals surface area contributed by atoms with Crippen molar-refractivity contribution in [3.8, 4) is 0 Å². The van der Waals surface area contributed by atoms with E-state index in [0.29, 0.717) is 5.92 Å². The number of hydrogen-bond donors (Lipinski definition) is 1. The SMILES string of the molecule is CC1C(O)CCC1C1CCC1. The Hall–Kier alpha value is -0.0400. The van der Waals surface area contributed by atoms with Gasteiger partial charge in [0.05, 0.1) is 6.10 Å². The fraction of sp³-hybridized carbons (Fsp3) is 1.00. The summed E-state index contributed by atoms with van der Waals surface area (Å²) in [5, 5.41) is 9.54. The molecule has 0 heterocycles. The van der Waals surface area contributed by atoms with E-state index >= 15 is 0 Å². The van der Waals surface area contributed by atoms with Gasteiger partial charge >= 0.3 is 0 Å². The molecule has 0 aromatic heterocycles. The minimum absolute atomic E-state index is 0.0144. The van der Waals surface area contributed by atoms with E-state index in [9.17, 15) is 5.11 Å². The summed E-state index contributed by atoms with van der Waals surface area (Å²) in [5.41, 5.74) is 0. The lowest BCUT2D eigenvalue weighted by molar-refractivity contribution is 0.0939. The van der Waals surface area contributed by atoms with Crippen LogP contribution in [0, 0.1) is 17.8 Å². The molecule has 3 unspecified atom stereocenters. The maximum atomic E-state index is 9.54. The van der Waals surface area contributed by atoms with Gasteiger partial charge in [-0.05, 0) is 30.6 Å². The molecule has 0 aromatic rings. The standard InChI is InChI=1S/C10H18O/c1-7-9(5-6-10(7)11)8-3-2-4-8/h7-11H,2-6H2,1H3. The zero-order valence-electron chi connectivity index (χ0n) is 7.29. The van der Waals surface area contributed by atoms with Crippen LogP contribution in [0.4, 0.5) is 0 Å². The van der Waals surface area contributed by atoms with E-state index in [1.807, 2.05) is 0 Å². The first-order valence-corrected chi connectivity index (χ1v) is 4.97. The van der Waals surface area contributed by atoms with E-state index in [2.05, 4.69) is 6.92 Å². The van der Waals surface area contributed by atoms with E-state index in [4.69, 9.17) is 0 Å². The van der Waals surface area contributed by atoms with Crippen LogP contribution >= 0.6 is 0 Å². The zero-order chi connectivity index (χ0) is 7.84. The smallest absolute Gasteiger partial charge is 0.0568 e. The monoisotopic (exact) mass is 154 g/mol. The van der Waals surface area contributed by atoms with Crippen LogP contribution in [0.3, 0.4) is 0 Å². The maximum absolute atomic E-state index is 9.54. The fourth-order valence-corrected chi connectivity index (χ4v) is 2.71. The van der Waals surface area contributed by atoms with E-state index < -0.39 is 0 Å². The van der Waals surface area contributed by atoms with Crippen LogP contribution in [0.2, 0.25) is 0 Å². The predicted octanol–water partition coefficient (Wildman–Crippen LogP) is 2.19. The van der Waals surface area contributed by atoms with E-state index in [0.717, 1.165) is 18.3 Å². The second kappa shape index (κ2) is 2.78. The molecular formula is C10H18O. The molecule has 0 spiro atoms. The Morgan fingerprint density at radius 2 is 1.82 bits per heavy atom. The highest BCUT2D eigenvalue weighted by Crippen LogP contribution is 2.45. The normalized spacial score (nSPS) is 45.8. The maximum Gasteiger partial charge on any atom is 0.0568 e. The number of rotatable bonds is 1. The molecule has 2 rings (SSSR count). The second-order valence-corrected chi connectivity index (χ2v) is 4.36. The third kappa shape index (κ3) is 1.20. The lowest BCUT2D eigenvalue weighted by Crippen LogP contribution is -2.26. The van der Waals surface area contributed by atoms with Crippen LogP contribution in [-0.4, -0.2) is 11.2 Å². The molecule has 2 aliphatic carbocycles. The average Bonchev–Trinajstić information content (AvgIpc) is 2.15. The van der Waals surface area contributed by atoms with Gasteiger partial charge in [-0.15, -0.1) is 0 Å². The lowest BCUT2D eigenvalue weighted by atomic mass is 9.72. The van der Waals surface area contributed by atoms with Crippen molar-refractivity contribution in [3.05, 3.63) is 0 Å². The van der Waals surface area contributed by atoms with Gasteiger partial charge in [0.25, 0.3) is 0 Å². The molecule has 0 amide bonds. The first kappa shape index (κ1) is 7.60. The van der Waals surface area contributed by atoms with Gasteiger partial charge in [-0.25, -0.2) is 0 Å². The van der Waals surface area contributed by atoms with Gasteiger partial charge in [0.1, 0.15) is 0 Å². The highest BCUT2D eigenvalue weighted by atomic mass is 16.3. The largest absolute Gasteiger partial charge is 0.393 e. The Morgan fingerprint density at radius 3 is 2.18 bits per heavy atom. The first-order chi connectivity index (χ1) is 5.29. The molecule has 0 bridgehead atoms. The average molecular weight is 154 g/mol. The van der Waals surface area contributed by atoms with Crippen LogP contribution in [0.5, 0.6) is 0 Å². The van der Waals surface area contributed by atoms with Crippen LogP contribution < -0.4 is 0 Å². The second-order valence-electron chi connectivity index (χ2n) is 4.36. The van der Waals surface area contributed by atoms with Crippen molar-refractivity contribution in [2.45, 2.75) is 45.1 Å². The van der Waals surface area contributed by atoms with Gasteiger partial charge in [0, 0.05) is 0 Å². The van der Waals surface area contributed by atoms with Crippen LogP contribution in [0.1, 0.15) is 39.0 Å².